The van der Waals surface area contributed by atoms with Crippen LogP contribution < -0.4 is 4.74 Å². The van der Waals surface area contributed by atoms with Crippen LogP contribution in [-0.2, 0) is 37.4 Å². The number of ether oxygens (including phenoxy) is 2. The fourth-order valence-electron chi connectivity index (χ4n) is 5.70. The fraction of sp³-hybridized carbons (Fsp3) is 0.387. The maximum Gasteiger partial charge on any atom is 0.335 e. The first kappa shape index (κ1) is 26.4. The number of benzene rings is 2. The molecule has 41 heavy (non-hydrogen) atoms. The number of imidazole rings is 1. The molecule has 0 amide bonds. The zero-order valence-corrected chi connectivity index (χ0v) is 23.2. The largest absolute Gasteiger partial charge is 0.478 e. The maximum absolute atomic E-state index is 14.4. The van der Waals surface area contributed by atoms with E-state index >= 15 is 0 Å². The summed E-state index contributed by atoms with van der Waals surface area (Å²) in [5, 5.41) is 9.89. The second kappa shape index (κ2) is 10.7. The van der Waals surface area contributed by atoms with Crippen molar-refractivity contribution < 1.29 is 23.8 Å². The second-order valence-corrected chi connectivity index (χ2v) is 11.6. The number of rotatable bonds is 9. The van der Waals surface area contributed by atoms with Crippen LogP contribution in [0.5, 0.6) is 5.88 Å². The van der Waals surface area contributed by atoms with Gasteiger partial charge in [-0.1, -0.05) is 17.7 Å². The number of halogens is 2. The smallest absolute Gasteiger partial charge is 0.335 e. The van der Waals surface area contributed by atoms with E-state index in [-0.39, 0.29) is 24.1 Å². The summed E-state index contributed by atoms with van der Waals surface area (Å²) < 4.78 is 28.3. The van der Waals surface area contributed by atoms with Gasteiger partial charge in [-0.05, 0) is 73.6 Å². The molecule has 0 bridgehead atoms. The van der Waals surface area contributed by atoms with Gasteiger partial charge in [-0.25, -0.2) is 19.2 Å². The van der Waals surface area contributed by atoms with E-state index < -0.39 is 5.97 Å². The summed E-state index contributed by atoms with van der Waals surface area (Å²) >= 11 is 5.91. The van der Waals surface area contributed by atoms with Gasteiger partial charge in [-0.3, -0.25) is 4.90 Å². The Labute approximate surface area is 241 Å². The number of hydrogen-bond donors (Lipinski definition) is 1. The summed E-state index contributed by atoms with van der Waals surface area (Å²) in [6.07, 6.45) is 4.17. The number of nitrogens with zero attached hydrogens (tertiary/aromatic N) is 4. The molecular weight excluding hydrogens is 547 g/mol. The molecule has 1 N–H and O–H groups in total. The Morgan fingerprint density at radius 2 is 2.00 bits per heavy atom. The molecule has 3 aliphatic rings. The van der Waals surface area contributed by atoms with Crippen molar-refractivity contribution in [1.82, 2.24) is 19.4 Å². The van der Waals surface area contributed by atoms with Crippen LogP contribution in [0, 0.1) is 5.82 Å². The molecule has 10 heteroatoms. The van der Waals surface area contributed by atoms with E-state index in [9.17, 15) is 14.3 Å². The zero-order chi connectivity index (χ0) is 28.1. The molecule has 4 heterocycles. The van der Waals surface area contributed by atoms with Gasteiger partial charge in [-0.2, -0.15) is 0 Å². The summed E-state index contributed by atoms with van der Waals surface area (Å²) in [5.41, 5.74) is 5.58. The highest BCUT2D eigenvalue weighted by Crippen LogP contribution is 2.45. The van der Waals surface area contributed by atoms with Crippen molar-refractivity contribution in [3.8, 4) is 5.88 Å². The van der Waals surface area contributed by atoms with Crippen LogP contribution in [0.25, 0.3) is 11.0 Å². The van der Waals surface area contributed by atoms with Crippen molar-refractivity contribution in [2.24, 2.45) is 0 Å². The monoisotopic (exact) mass is 576 g/mol. The normalized spacial score (nSPS) is 18.7. The van der Waals surface area contributed by atoms with Gasteiger partial charge >= 0.3 is 5.97 Å². The first-order chi connectivity index (χ1) is 19.9. The lowest BCUT2D eigenvalue weighted by Crippen LogP contribution is -2.34. The average molecular weight is 577 g/mol. The van der Waals surface area contributed by atoms with Crippen LogP contribution in [0.15, 0.2) is 42.5 Å². The molecule has 0 unspecified atom stereocenters. The number of fused-ring (bicyclic) bond motifs is 2. The van der Waals surface area contributed by atoms with Gasteiger partial charge in [0, 0.05) is 35.8 Å². The second-order valence-electron chi connectivity index (χ2n) is 11.2. The SMILES string of the molecule is O=C(O)c1ccc2nc(CN3CCc4cc(C5CC5)c(OCc5ccc(Cl)cc5F)nc4C3)n(C[C@@H]3CCO3)c2c1. The third-order valence-corrected chi connectivity index (χ3v) is 8.51. The van der Waals surface area contributed by atoms with Gasteiger partial charge in [0.1, 0.15) is 18.2 Å². The van der Waals surface area contributed by atoms with Crippen molar-refractivity contribution in [2.45, 2.75) is 63.9 Å². The Balaban J connectivity index is 1.14. The molecular formula is C31H30ClFN4O4. The van der Waals surface area contributed by atoms with E-state index in [0.29, 0.717) is 42.0 Å². The van der Waals surface area contributed by atoms with E-state index in [1.165, 1.54) is 11.6 Å². The van der Waals surface area contributed by atoms with Gasteiger partial charge in [-0.15, -0.1) is 0 Å². The Morgan fingerprint density at radius 3 is 2.73 bits per heavy atom. The van der Waals surface area contributed by atoms with Crippen molar-refractivity contribution in [3.05, 3.63) is 87.1 Å². The van der Waals surface area contributed by atoms with Crippen molar-refractivity contribution in [1.29, 1.82) is 0 Å². The minimum atomic E-state index is -0.956. The van der Waals surface area contributed by atoms with E-state index in [1.54, 1.807) is 30.3 Å². The highest BCUT2D eigenvalue weighted by molar-refractivity contribution is 6.30. The minimum Gasteiger partial charge on any atom is -0.478 e. The number of carboxylic acids is 1. The van der Waals surface area contributed by atoms with Crippen molar-refractivity contribution >= 4 is 28.6 Å². The Bertz CT molecular complexity index is 1650. The standard InChI is InChI=1S/C31H30ClFN4O4/c32-22-5-3-21(25(33)13-22)17-41-30-24(18-1-2-18)11-19-7-9-36(15-27(19)35-30)16-29-34-26-6-4-20(31(38)39)12-28(26)37(29)14-23-8-10-40-23/h3-6,11-13,18,23H,1-2,7-10,14-17H2,(H,38,39)/t23-/m0/s1. The molecule has 0 spiro atoms. The molecule has 2 aromatic heterocycles. The van der Waals surface area contributed by atoms with Gasteiger partial charge in [0.2, 0.25) is 5.88 Å². The van der Waals surface area contributed by atoms with E-state index in [4.69, 9.17) is 31.0 Å². The molecule has 2 aliphatic heterocycles. The van der Waals surface area contributed by atoms with Crippen LogP contribution in [0.4, 0.5) is 4.39 Å². The van der Waals surface area contributed by atoms with Crippen LogP contribution in [0.3, 0.4) is 0 Å². The lowest BCUT2D eigenvalue weighted by atomic mass is 10.0. The Hall–Kier alpha value is -3.53. The van der Waals surface area contributed by atoms with E-state index in [0.717, 1.165) is 67.0 Å². The summed E-state index contributed by atoms with van der Waals surface area (Å²) in [4.78, 5) is 23.8. The molecule has 1 atom stereocenters. The predicted molar refractivity (Wildman–Crippen MR) is 151 cm³/mol. The molecule has 1 aliphatic carbocycles. The molecule has 1 saturated heterocycles. The van der Waals surface area contributed by atoms with E-state index in [2.05, 4.69) is 15.5 Å². The molecule has 2 fully saturated rings. The molecule has 4 aromatic rings. The van der Waals surface area contributed by atoms with Crippen molar-refractivity contribution in [3.63, 3.8) is 0 Å². The van der Waals surface area contributed by atoms with Crippen LogP contribution in [0.1, 0.15) is 63.7 Å². The van der Waals surface area contributed by atoms with Crippen LogP contribution in [-0.4, -0.2) is 49.8 Å². The van der Waals surface area contributed by atoms with Gasteiger partial charge in [0.05, 0.1) is 41.5 Å². The van der Waals surface area contributed by atoms with E-state index in [1.807, 2.05) is 0 Å². The average Bonchev–Trinajstić information content (AvgIpc) is 3.72. The topological polar surface area (TPSA) is 89.7 Å². The third-order valence-electron chi connectivity index (χ3n) is 8.27. The number of carboxylic acid groups (broad SMARTS) is 1. The third kappa shape index (κ3) is 5.41. The molecule has 1 saturated carbocycles. The molecule has 0 radical (unpaired) electrons. The number of hydrogen-bond acceptors (Lipinski definition) is 6. The Kier molecular flexibility index (Phi) is 6.89. The maximum atomic E-state index is 14.4. The zero-order valence-electron chi connectivity index (χ0n) is 22.5. The lowest BCUT2D eigenvalue weighted by Gasteiger charge is -2.30. The summed E-state index contributed by atoms with van der Waals surface area (Å²) in [5.74, 6) is 0.562. The number of aromatic nitrogens is 3. The number of aromatic carboxylic acids is 1. The summed E-state index contributed by atoms with van der Waals surface area (Å²) in [6.45, 7) is 3.57. The summed E-state index contributed by atoms with van der Waals surface area (Å²) in [7, 11) is 0. The quantitative estimate of drug-likeness (QED) is 0.272. The first-order valence-electron chi connectivity index (χ1n) is 14.1. The minimum absolute atomic E-state index is 0.0871. The summed E-state index contributed by atoms with van der Waals surface area (Å²) in [6, 6.07) is 11.9. The molecule has 7 rings (SSSR count). The molecule has 212 valence electrons. The fourth-order valence-corrected chi connectivity index (χ4v) is 5.86. The highest BCUT2D eigenvalue weighted by Gasteiger charge is 2.31. The van der Waals surface area contributed by atoms with Crippen LogP contribution in [0.2, 0.25) is 5.02 Å². The van der Waals surface area contributed by atoms with Gasteiger partial charge < -0.3 is 19.1 Å². The van der Waals surface area contributed by atoms with Gasteiger partial charge in [0.15, 0.2) is 0 Å². The van der Waals surface area contributed by atoms with Crippen LogP contribution >= 0.6 is 11.6 Å². The molecule has 8 nitrogen and oxygen atoms in total. The number of carbonyl (C=O) groups is 1. The first-order valence-corrected chi connectivity index (χ1v) is 14.4. The lowest BCUT2D eigenvalue weighted by molar-refractivity contribution is -0.0592. The predicted octanol–water partition coefficient (Wildman–Crippen LogP) is 5.73. The van der Waals surface area contributed by atoms with Crippen molar-refractivity contribution in [2.75, 3.05) is 13.2 Å². The number of pyridine rings is 1. The highest BCUT2D eigenvalue weighted by atomic mass is 35.5. The Morgan fingerprint density at radius 1 is 1.15 bits per heavy atom. The van der Waals surface area contributed by atoms with Gasteiger partial charge in [0.25, 0.3) is 0 Å². The molecule has 2 aromatic carbocycles.